The highest BCUT2D eigenvalue weighted by Gasteiger charge is 2.16. The summed E-state index contributed by atoms with van der Waals surface area (Å²) in [6.45, 7) is 1.99. The average Bonchev–Trinajstić information content (AvgIpc) is 2.20. The summed E-state index contributed by atoms with van der Waals surface area (Å²) in [6, 6.07) is 5.96. The van der Waals surface area contributed by atoms with E-state index < -0.39 is 6.10 Å². The normalized spacial score (nSPS) is 15.1. The molecule has 0 aliphatic rings. The highest BCUT2D eigenvalue weighted by atomic mass is 19.1. The summed E-state index contributed by atoms with van der Waals surface area (Å²) < 4.78 is 12.6. The molecule has 1 aromatic rings. The van der Waals surface area contributed by atoms with Crippen LogP contribution in [0.5, 0.6) is 0 Å². The topological polar surface area (TPSA) is 32.3 Å². The number of halogens is 1. The summed E-state index contributed by atoms with van der Waals surface area (Å²) >= 11 is 0. The van der Waals surface area contributed by atoms with Crippen molar-refractivity contribution in [1.29, 1.82) is 0 Å². The summed E-state index contributed by atoms with van der Waals surface area (Å²) in [7, 11) is 1.81. The number of likely N-dealkylation sites (N-methyl/N-ethyl adjacent to an activating group) is 1. The molecule has 0 fully saturated rings. The molecular weight excluding hydrogens is 181 g/mol. The third kappa shape index (κ3) is 2.53. The Kier molecular flexibility index (Phi) is 4.04. The Morgan fingerprint density at radius 1 is 1.36 bits per heavy atom. The van der Waals surface area contributed by atoms with Gasteiger partial charge >= 0.3 is 0 Å². The van der Waals surface area contributed by atoms with Gasteiger partial charge in [0.05, 0.1) is 6.10 Å². The second-order valence-electron chi connectivity index (χ2n) is 3.30. The molecule has 0 radical (unpaired) electrons. The smallest absolute Gasteiger partial charge is 0.123 e. The van der Waals surface area contributed by atoms with Crippen LogP contribution in [0.3, 0.4) is 0 Å². The molecule has 0 aromatic heterocycles. The third-order valence-electron chi connectivity index (χ3n) is 2.40. The molecule has 2 unspecified atom stereocenters. The van der Waals surface area contributed by atoms with Gasteiger partial charge in [0.15, 0.2) is 0 Å². The number of aliphatic hydroxyl groups is 1. The molecule has 1 rings (SSSR count). The van der Waals surface area contributed by atoms with E-state index in [0.717, 1.165) is 12.0 Å². The molecule has 0 aliphatic heterocycles. The van der Waals surface area contributed by atoms with Crippen molar-refractivity contribution in [2.45, 2.75) is 25.5 Å². The first-order chi connectivity index (χ1) is 6.69. The minimum atomic E-state index is -0.578. The molecule has 2 atom stereocenters. The van der Waals surface area contributed by atoms with Gasteiger partial charge in [0, 0.05) is 6.04 Å². The molecule has 0 aliphatic carbocycles. The van der Waals surface area contributed by atoms with Gasteiger partial charge in [0.2, 0.25) is 0 Å². The Morgan fingerprint density at radius 2 is 1.93 bits per heavy atom. The van der Waals surface area contributed by atoms with Crippen molar-refractivity contribution in [1.82, 2.24) is 5.32 Å². The molecule has 3 heteroatoms. The Morgan fingerprint density at radius 3 is 2.36 bits per heavy atom. The molecule has 0 saturated carbocycles. The van der Waals surface area contributed by atoms with E-state index in [0.29, 0.717) is 0 Å². The fourth-order valence-electron chi connectivity index (χ4n) is 1.48. The van der Waals surface area contributed by atoms with Gasteiger partial charge in [0.1, 0.15) is 5.82 Å². The number of nitrogens with one attached hydrogen (secondary N) is 1. The maximum atomic E-state index is 12.6. The number of hydrogen-bond donors (Lipinski definition) is 2. The zero-order chi connectivity index (χ0) is 10.6. The van der Waals surface area contributed by atoms with Crippen LogP contribution in [0.25, 0.3) is 0 Å². The SMILES string of the molecule is CCC(NC)C(O)c1ccc(F)cc1. The molecule has 0 amide bonds. The molecule has 0 spiro atoms. The molecule has 2 nitrogen and oxygen atoms in total. The van der Waals surface area contributed by atoms with Crippen molar-refractivity contribution in [2.24, 2.45) is 0 Å². The van der Waals surface area contributed by atoms with Gasteiger partial charge in [0.25, 0.3) is 0 Å². The van der Waals surface area contributed by atoms with E-state index in [9.17, 15) is 9.50 Å². The molecular formula is C11H16FNO. The van der Waals surface area contributed by atoms with E-state index in [-0.39, 0.29) is 11.9 Å². The minimum absolute atomic E-state index is 0.0143. The quantitative estimate of drug-likeness (QED) is 0.772. The Hall–Kier alpha value is -0.930. The second kappa shape index (κ2) is 5.08. The van der Waals surface area contributed by atoms with Crippen molar-refractivity contribution in [3.63, 3.8) is 0 Å². The molecule has 78 valence electrons. The molecule has 2 N–H and O–H groups in total. The van der Waals surface area contributed by atoms with Crippen molar-refractivity contribution in [3.05, 3.63) is 35.6 Å². The lowest BCUT2D eigenvalue weighted by atomic mass is 10.0. The highest BCUT2D eigenvalue weighted by Crippen LogP contribution is 2.18. The minimum Gasteiger partial charge on any atom is -0.387 e. The summed E-state index contributed by atoms with van der Waals surface area (Å²) in [5, 5.41) is 12.9. The van der Waals surface area contributed by atoms with Crippen molar-refractivity contribution < 1.29 is 9.50 Å². The summed E-state index contributed by atoms with van der Waals surface area (Å²) in [5.74, 6) is -0.279. The first-order valence-corrected chi connectivity index (χ1v) is 4.79. The Balaban J connectivity index is 2.77. The lowest BCUT2D eigenvalue weighted by Gasteiger charge is -2.21. The van der Waals surface area contributed by atoms with Gasteiger partial charge in [-0.15, -0.1) is 0 Å². The van der Waals surface area contributed by atoms with Crippen LogP contribution in [0.1, 0.15) is 25.0 Å². The lowest BCUT2D eigenvalue weighted by Crippen LogP contribution is -2.31. The van der Waals surface area contributed by atoms with Crippen molar-refractivity contribution in [2.75, 3.05) is 7.05 Å². The Bertz CT molecular complexity index is 269. The van der Waals surface area contributed by atoms with Crippen LogP contribution in [0.15, 0.2) is 24.3 Å². The van der Waals surface area contributed by atoms with Gasteiger partial charge < -0.3 is 10.4 Å². The zero-order valence-corrected chi connectivity index (χ0v) is 8.50. The molecule has 0 heterocycles. The number of hydrogen-bond acceptors (Lipinski definition) is 2. The van der Waals surface area contributed by atoms with E-state index in [2.05, 4.69) is 5.32 Å². The van der Waals surface area contributed by atoms with E-state index in [1.165, 1.54) is 12.1 Å². The summed E-state index contributed by atoms with van der Waals surface area (Å²) in [5.41, 5.74) is 0.743. The molecule has 0 bridgehead atoms. The van der Waals surface area contributed by atoms with Crippen LogP contribution in [0.2, 0.25) is 0 Å². The molecule has 1 aromatic carbocycles. The van der Waals surface area contributed by atoms with Crippen LogP contribution < -0.4 is 5.32 Å². The van der Waals surface area contributed by atoms with Crippen LogP contribution in [0.4, 0.5) is 4.39 Å². The van der Waals surface area contributed by atoms with Crippen molar-refractivity contribution >= 4 is 0 Å². The van der Waals surface area contributed by atoms with Crippen LogP contribution in [0, 0.1) is 5.82 Å². The fraction of sp³-hybridized carbons (Fsp3) is 0.455. The van der Waals surface area contributed by atoms with Crippen molar-refractivity contribution in [3.8, 4) is 0 Å². The lowest BCUT2D eigenvalue weighted by molar-refractivity contribution is 0.130. The second-order valence-corrected chi connectivity index (χ2v) is 3.30. The molecule has 14 heavy (non-hydrogen) atoms. The van der Waals surface area contributed by atoms with Crippen LogP contribution in [-0.4, -0.2) is 18.2 Å². The van der Waals surface area contributed by atoms with Gasteiger partial charge in [-0.2, -0.15) is 0 Å². The van der Waals surface area contributed by atoms with Crippen LogP contribution in [-0.2, 0) is 0 Å². The predicted molar refractivity (Wildman–Crippen MR) is 54.5 cm³/mol. The van der Waals surface area contributed by atoms with Gasteiger partial charge in [-0.3, -0.25) is 0 Å². The van der Waals surface area contributed by atoms with Crippen LogP contribution >= 0.6 is 0 Å². The zero-order valence-electron chi connectivity index (χ0n) is 8.50. The predicted octanol–water partition coefficient (Wildman–Crippen LogP) is 1.86. The van der Waals surface area contributed by atoms with E-state index >= 15 is 0 Å². The average molecular weight is 197 g/mol. The van der Waals surface area contributed by atoms with Gasteiger partial charge in [-0.05, 0) is 31.2 Å². The highest BCUT2D eigenvalue weighted by molar-refractivity contribution is 5.19. The first-order valence-electron chi connectivity index (χ1n) is 4.79. The maximum Gasteiger partial charge on any atom is 0.123 e. The number of rotatable bonds is 4. The van der Waals surface area contributed by atoms with E-state index in [1.54, 1.807) is 19.2 Å². The fourth-order valence-corrected chi connectivity index (χ4v) is 1.48. The number of benzene rings is 1. The standard InChI is InChI=1S/C11H16FNO/c1-3-10(13-2)11(14)8-4-6-9(12)7-5-8/h4-7,10-11,13-14H,3H2,1-2H3. The first kappa shape index (κ1) is 11.1. The molecule has 0 saturated heterocycles. The number of aliphatic hydroxyl groups excluding tert-OH is 1. The monoisotopic (exact) mass is 197 g/mol. The van der Waals surface area contributed by atoms with E-state index in [4.69, 9.17) is 0 Å². The maximum absolute atomic E-state index is 12.6. The third-order valence-corrected chi connectivity index (χ3v) is 2.40. The summed E-state index contributed by atoms with van der Waals surface area (Å²) in [4.78, 5) is 0. The Labute approximate surface area is 83.8 Å². The largest absolute Gasteiger partial charge is 0.387 e. The van der Waals surface area contributed by atoms with Gasteiger partial charge in [-0.1, -0.05) is 19.1 Å². The van der Waals surface area contributed by atoms with Gasteiger partial charge in [-0.25, -0.2) is 4.39 Å². The van der Waals surface area contributed by atoms with E-state index in [1.807, 2.05) is 6.92 Å². The summed E-state index contributed by atoms with van der Waals surface area (Å²) in [6.07, 6.45) is 0.250.